The van der Waals surface area contributed by atoms with E-state index in [1.54, 1.807) is 17.0 Å². The maximum atomic E-state index is 12.8. The van der Waals surface area contributed by atoms with Crippen LogP contribution in [0.5, 0.6) is 0 Å². The maximum Gasteiger partial charge on any atom is 0.258 e. The van der Waals surface area contributed by atoms with Gasteiger partial charge in [-0.05, 0) is 43.7 Å². The smallest absolute Gasteiger partial charge is 0.258 e. The van der Waals surface area contributed by atoms with Crippen LogP contribution in [-0.4, -0.2) is 27.4 Å². The Labute approximate surface area is 143 Å². The second-order valence-electron chi connectivity index (χ2n) is 5.31. The van der Waals surface area contributed by atoms with Crippen molar-refractivity contribution in [2.45, 2.75) is 25.2 Å². The molecule has 0 saturated heterocycles. The summed E-state index contributed by atoms with van der Waals surface area (Å²) in [5.41, 5.74) is 1.13. The Balaban J connectivity index is 2.32. The van der Waals surface area contributed by atoms with Gasteiger partial charge in [-0.1, -0.05) is 31.2 Å². The molecule has 2 aromatic carbocycles. The van der Waals surface area contributed by atoms with Crippen LogP contribution in [-0.2, 0) is 10.0 Å². The second kappa shape index (κ2) is 8.08. The monoisotopic (exact) mass is 346 g/mol. The number of carbonyl (C=O) groups excluding carboxylic acids is 1. The first-order valence-corrected chi connectivity index (χ1v) is 9.44. The Morgan fingerprint density at radius 3 is 2.38 bits per heavy atom. The zero-order valence-electron chi connectivity index (χ0n) is 13.9. The van der Waals surface area contributed by atoms with Crippen LogP contribution in [0.15, 0.2) is 59.5 Å². The third-order valence-corrected chi connectivity index (χ3v) is 5.02. The number of amides is 1. The molecule has 2 rings (SSSR count). The minimum atomic E-state index is -3.60. The molecule has 0 bridgehead atoms. The summed E-state index contributed by atoms with van der Waals surface area (Å²) in [6, 6.07) is 15.4. The number of nitrogens with zero attached hydrogens (tertiary/aromatic N) is 1. The Morgan fingerprint density at radius 2 is 1.75 bits per heavy atom. The summed E-state index contributed by atoms with van der Waals surface area (Å²) in [6.45, 7) is 4.63. The van der Waals surface area contributed by atoms with Gasteiger partial charge in [-0.25, -0.2) is 13.1 Å². The van der Waals surface area contributed by atoms with E-state index in [-0.39, 0.29) is 10.8 Å². The molecule has 6 heteroatoms. The van der Waals surface area contributed by atoms with Crippen LogP contribution >= 0.6 is 0 Å². The zero-order chi connectivity index (χ0) is 17.6. The molecule has 0 aromatic heterocycles. The average Bonchev–Trinajstić information content (AvgIpc) is 2.61. The topological polar surface area (TPSA) is 66.5 Å². The molecule has 5 nitrogen and oxygen atoms in total. The number of anilines is 1. The Hall–Kier alpha value is -2.18. The maximum absolute atomic E-state index is 12.8. The number of sulfonamides is 1. The number of hydrogen-bond donors (Lipinski definition) is 1. The van der Waals surface area contributed by atoms with Crippen molar-refractivity contribution < 1.29 is 13.2 Å². The highest BCUT2D eigenvalue weighted by molar-refractivity contribution is 7.89. The quantitative estimate of drug-likeness (QED) is 0.838. The lowest BCUT2D eigenvalue weighted by atomic mass is 10.2. The van der Waals surface area contributed by atoms with E-state index in [0.717, 1.165) is 5.69 Å². The summed E-state index contributed by atoms with van der Waals surface area (Å²) in [6.07, 6.45) is 0.704. The number of benzene rings is 2. The van der Waals surface area contributed by atoms with Gasteiger partial charge >= 0.3 is 0 Å². The fourth-order valence-corrected chi connectivity index (χ4v) is 3.50. The van der Waals surface area contributed by atoms with Crippen molar-refractivity contribution in [1.29, 1.82) is 0 Å². The second-order valence-corrected chi connectivity index (χ2v) is 7.08. The van der Waals surface area contributed by atoms with E-state index in [4.69, 9.17) is 0 Å². The third kappa shape index (κ3) is 4.21. The highest BCUT2D eigenvalue weighted by Crippen LogP contribution is 2.18. The molecule has 0 spiro atoms. The molecule has 0 heterocycles. The average molecular weight is 346 g/mol. The predicted molar refractivity (Wildman–Crippen MR) is 95.7 cm³/mol. The van der Waals surface area contributed by atoms with Crippen LogP contribution in [0.2, 0.25) is 0 Å². The number of hydrogen-bond acceptors (Lipinski definition) is 3. The Morgan fingerprint density at radius 1 is 1.04 bits per heavy atom. The highest BCUT2D eigenvalue weighted by atomic mass is 32.2. The first-order valence-electron chi connectivity index (χ1n) is 7.96. The minimum Gasteiger partial charge on any atom is -0.309 e. The lowest BCUT2D eigenvalue weighted by Crippen LogP contribution is -2.31. The minimum absolute atomic E-state index is 0.103. The Bertz CT molecular complexity index is 789. The fraction of sp³-hybridized carbons (Fsp3) is 0.278. The molecule has 0 fully saturated rings. The van der Waals surface area contributed by atoms with Crippen molar-refractivity contribution in [1.82, 2.24) is 4.72 Å². The number of carbonyl (C=O) groups is 1. The molecular weight excluding hydrogens is 324 g/mol. The van der Waals surface area contributed by atoms with Crippen molar-refractivity contribution in [3.63, 3.8) is 0 Å². The molecule has 2 aromatic rings. The summed E-state index contributed by atoms with van der Waals surface area (Å²) >= 11 is 0. The van der Waals surface area contributed by atoms with E-state index >= 15 is 0 Å². The standard InChI is InChI=1S/C18H22N2O3S/c1-3-13-19-24(22,23)17-12-8-9-15(14-17)18(21)20(4-2)16-10-6-5-7-11-16/h5-12,14,19H,3-4,13H2,1-2H3. The van der Waals surface area contributed by atoms with Gasteiger partial charge in [0.15, 0.2) is 0 Å². The van der Waals surface area contributed by atoms with Gasteiger partial charge < -0.3 is 4.90 Å². The molecule has 0 unspecified atom stereocenters. The summed E-state index contributed by atoms with van der Waals surface area (Å²) in [7, 11) is -3.60. The Kier molecular flexibility index (Phi) is 6.11. The summed E-state index contributed by atoms with van der Waals surface area (Å²) < 4.78 is 27.0. The van der Waals surface area contributed by atoms with E-state index in [1.807, 2.05) is 44.2 Å². The highest BCUT2D eigenvalue weighted by Gasteiger charge is 2.19. The summed E-state index contributed by atoms with van der Waals surface area (Å²) in [5, 5.41) is 0. The molecular formula is C18H22N2O3S. The van der Waals surface area contributed by atoms with Crippen molar-refractivity contribution in [2.75, 3.05) is 18.0 Å². The van der Waals surface area contributed by atoms with Crippen LogP contribution < -0.4 is 9.62 Å². The SMILES string of the molecule is CCCNS(=O)(=O)c1cccc(C(=O)N(CC)c2ccccc2)c1. The molecule has 0 aliphatic rings. The van der Waals surface area contributed by atoms with Crippen LogP contribution in [0.1, 0.15) is 30.6 Å². The third-order valence-electron chi connectivity index (χ3n) is 3.56. The van der Waals surface area contributed by atoms with Gasteiger partial charge in [-0.2, -0.15) is 0 Å². The van der Waals surface area contributed by atoms with Gasteiger partial charge in [0.1, 0.15) is 0 Å². The van der Waals surface area contributed by atoms with Crippen molar-refractivity contribution in [3.05, 3.63) is 60.2 Å². The number of para-hydroxylation sites is 1. The van der Waals surface area contributed by atoms with Crippen molar-refractivity contribution in [2.24, 2.45) is 0 Å². The van der Waals surface area contributed by atoms with Crippen LogP contribution in [0.4, 0.5) is 5.69 Å². The first-order chi connectivity index (χ1) is 11.5. The molecule has 0 aliphatic heterocycles. The van der Waals surface area contributed by atoms with Gasteiger partial charge in [0.05, 0.1) is 4.90 Å². The molecule has 0 atom stereocenters. The zero-order valence-corrected chi connectivity index (χ0v) is 14.7. The summed E-state index contributed by atoms with van der Waals surface area (Å²) in [4.78, 5) is 14.5. The number of rotatable bonds is 7. The lowest BCUT2D eigenvalue weighted by Gasteiger charge is -2.21. The largest absolute Gasteiger partial charge is 0.309 e. The first kappa shape index (κ1) is 18.2. The molecule has 128 valence electrons. The van der Waals surface area contributed by atoms with Gasteiger partial charge in [0, 0.05) is 24.3 Å². The molecule has 0 radical (unpaired) electrons. The van der Waals surface area contributed by atoms with E-state index in [9.17, 15) is 13.2 Å². The van der Waals surface area contributed by atoms with E-state index in [0.29, 0.717) is 25.1 Å². The van der Waals surface area contributed by atoms with E-state index < -0.39 is 10.0 Å². The number of nitrogens with one attached hydrogen (secondary N) is 1. The van der Waals surface area contributed by atoms with Gasteiger partial charge in [0.2, 0.25) is 10.0 Å². The van der Waals surface area contributed by atoms with Gasteiger partial charge in [-0.15, -0.1) is 0 Å². The van der Waals surface area contributed by atoms with Crippen LogP contribution in [0, 0.1) is 0 Å². The molecule has 1 amide bonds. The van der Waals surface area contributed by atoms with Gasteiger partial charge in [-0.3, -0.25) is 4.79 Å². The normalized spacial score (nSPS) is 11.2. The van der Waals surface area contributed by atoms with E-state index in [1.165, 1.54) is 12.1 Å². The molecule has 24 heavy (non-hydrogen) atoms. The van der Waals surface area contributed by atoms with Crippen LogP contribution in [0.3, 0.4) is 0 Å². The van der Waals surface area contributed by atoms with Crippen molar-refractivity contribution >= 4 is 21.6 Å². The predicted octanol–water partition coefficient (Wildman–Crippen LogP) is 3.04. The lowest BCUT2D eigenvalue weighted by molar-refractivity contribution is 0.0988. The fourth-order valence-electron chi connectivity index (χ4n) is 2.32. The summed E-state index contributed by atoms with van der Waals surface area (Å²) in [5.74, 6) is -0.226. The molecule has 0 aliphatic carbocycles. The molecule has 1 N–H and O–H groups in total. The van der Waals surface area contributed by atoms with E-state index in [2.05, 4.69) is 4.72 Å². The van der Waals surface area contributed by atoms with Crippen LogP contribution in [0.25, 0.3) is 0 Å². The molecule has 0 saturated carbocycles. The van der Waals surface area contributed by atoms with Crippen molar-refractivity contribution in [3.8, 4) is 0 Å². The van der Waals surface area contributed by atoms with Gasteiger partial charge in [0.25, 0.3) is 5.91 Å².